The molecule has 0 aliphatic heterocycles. The number of nitrogens with one attached hydrogen (secondary N) is 1. The molecule has 0 radical (unpaired) electrons. The molecule has 5 aromatic carbocycles. The number of thiol groups is 1. The summed E-state index contributed by atoms with van der Waals surface area (Å²) in [5, 5.41) is 10.9. The van der Waals surface area contributed by atoms with Crippen LogP contribution in [0, 0.1) is 5.41 Å². The molecular weight excluding hydrogens is 559 g/mol. The minimum atomic E-state index is 0.376. The minimum Gasteiger partial charge on any atom is -0.309 e. The van der Waals surface area contributed by atoms with E-state index >= 15 is 0 Å². The van der Waals surface area contributed by atoms with Gasteiger partial charge in [0.1, 0.15) is 0 Å². The second-order valence-corrected chi connectivity index (χ2v) is 10.9. The van der Waals surface area contributed by atoms with Gasteiger partial charge >= 0.3 is 0 Å². The van der Waals surface area contributed by atoms with Crippen LogP contribution in [0.1, 0.15) is 11.3 Å². The Morgan fingerprint density at radius 2 is 1.30 bits per heavy atom. The van der Waals surface area contributed by atoms with E-state index in [-0.39, 0.29) is 0 Å². The van der Waals surface area contributed by atoms with E-state index in [1.54, 1.807) is 0 Å². The average Bonchev–Trinajstić information content (AvgIpc) is 3.43. The Labute approximate surface area is 260 Å². The molecule has 44 heavy (non-hydrogen) atoms. The molecule has 1 N–H and O–H groups in total. The number of fused-ring (bicyclic) bond motifs is 4. The number of benzene rings is 5. The van der Waals surface area contributed by atoms with Gasteiger partial charge in [-0.15, -0.1) is 0 Å². The molecule has 2 heterocycles. The maximum absolute atomic E-state index is 8.83. The van der Waals surface area contributed by atoms with Crippen molar-refractivity contribution >= 4 is 52.1 Å². The summed E-state index contributed by atoms with van der Waals surface area (Å²) in [5.41, 5.74) is 10.8. The van der Waals surface area contributed by atoms with E-state index < -0.39 is 0 Å². The second-order valence-electron chi connectivity index (χ2n) is 10.7. The van der Waals surface area contributed by atoms with Crippen molar-refractivity contribution in [2.45, 2.75) is 0 Å². The molecule has 0 unspecified atom stereocenters. The van der Waals surface area contributed by atoms with Crippen LogP contribution < -0.4 is 0 Å². The molecule has 208 valence electrons. The highest BCUT2D eigenvalue weighted by Crippen LogP contribution is 2.35. The lowest BCUT2D eigenvalue weighted by Gasteiger charge is -2.15. The molecule has 0 amide bonds. The fourth-order valence-corrected chi connectivity index (χ4v) is 6.26. The first kappa shape index (κ1) is 26.1. The van der Waals surface area contributed by atoms with E-state index in [0.717, 1.165) is 66.7 Å². The molecule has 1 aliphatic carbocycles. The summed E-state index contributed by atoms with van der Waals surface area (Å²) in [5.74, 6) is 0.691. The molecule has 6 heteroatoms. The van der Waals surface area contributed by atoms with Crippen LogP contribution in [0.25, 0.3) is 67.3 Å². The van der Waals surface area contributed by atoms with E-state index in [1.165, 1.54) is 0 Å². The fourth-order valence-electron chi connectivity index (χ4n) is 6.10. The van der Waals surface area contributed by atoms with Crippen molar-refractivity contribution in [3.05, 3.63) is 145 Å². The van der Waals surface area contributed by atoms with E-state index in [2.05, 4.69) is 101 Å². The molecule has 1 aliphatic rings. The number of allylic oxidation sites excluding steroid dienone is 1. The summed E-state index contributed by atoms with van der Waals surface area (Å²) in [4.78, 5) is 10.0. The van der Waals surface area contributed by atoms with E-state index in [1.807, 2.05) is 60.7 Å². The van der Waals surface area contributed by atoms with Gasteiger partial charge in [0.15, 0.2) is 5.82 Å². The van der Waals surface area contributed by atoms with Crippen molar-refractivity contribution in [3.63, 3.8) is 0 Å². The monoisotopic (exact) mass is 583 g/mol. The molecule has 0 spiro atoms. The standard InChI is InChI=1S/C38H25N5S/c39-36-32(42-44)20-21-34-35(36)30-17-5-7-19-33(30)43(34)28-15-9-13-26(23-28)25-12-8-14-27(22-25)38-40-31-18-6-4-16-29(31)37(41-38)24-10-2-1-3-11-24/h1-23,39,44H. The van der Waals surface area contributed by atoms with E-state index in [0.29, 0.717) is 17.2 Å². The van der Waals surface area contributed by atoms with Crippen molar-refractivity contribution < 1.29 is 0 Å². The van der Waals surface area contributed by atoms with Crippen LogP contribution in [0.2, 0.25) is 0 Å². The number of rotatable bonds is 4. The highest BCUT2D eigenvalue weighted by Gasteiger charge is 2.25. The molecule has 7 aromatic rings. The maximum atomic E-state index is 8.83. The first-order valence-electron chi connectivity index (χ1n) is 14.4. The van der Waals surface area contributed by atoms with Gasteiger partial charge < -0.3 is 4.57 Å². The molecule has 0 fully saturated rings. The zero-order chi connectivity index (χ0) is 29.6. The lowest BCUT2D eigenvalue weighted by atomic mass is 9.97. The summed E-state index contributed by atoms with van der Waals surface area (Å²) in [6.45, 7) is 0. The lowest BCUT2D eigenvalue weighted by molar-refractivity contribution is 1.10. The van der Waals surface area contributed by atoms with E-state index in [9.17, 15) is 0 Å². The fraction of sp³-hybridized carbons (Fsp3) is 0. The Morgan fingerprint density at radius 3 is 2.14 bits per heavy atom. The number of nitrogens with zero attached hydrogens (tertiary/aromatic N) is 4. The largest absolute Gasteiger partial charge is 0.309 e. The minimum absolute atomic E-state index is 0.376. The third kappa shape index (κ3) is 4.27. The molecule has 0 atom stereocenters. The van der Waals surface area contributed by atoms with Gasteiger partial charge in [0.25, 0.3) is 0 Å². The van der Waals surface area contributed by atoms with Crippen molar-refractivity contribution in [3.8, 4) is 39.5 Å². The van der Waals surface area contributed by atoms with Gasteiger partial charge in [-0.25, -0.2) is 14.4 Å². The number of para-hydroxylation sites is 2. The van der Waals surface area contributed by atoms with Crippen molar-refractivity contribution in [1.82, 2.24) is 14.5 Å². The van der Waals surface area contributed by atoms with Gasteiger partial charge in [0.2, 0.25) is 0 Å². The van der Waals surface area contributed by atoms with Crippen LogP contribution in [-0.4, -0.2) is 26.0 Å². The normalized spacial score (nSPS) is 13.6. The summed E-state index contributed by atoms with van der Waals surface area (Å²) in [7, 11) is 0. The molecule has 0 bridgehead atoms. The van der Waals surface area contributed by atoms with Crippen LogP contribution in [0.4, 0.5) is 0 Å². The summed E-state index contributed by atoms with van der Waals surface area (Å²) < 4.78 is 6.24. The van der Waals surface area contributed by atoms with Crippen molar-refractivity contribution in [2.24, 2.45) is 4.40 Å². The van der Waals surface area contributed by atoms with E-state index in [4.69, 9.17) is 15.4 Å². The molecule has 0 saturated carbocycles. The first-order chi connectivity index (χ1) is 21.7. The topological polar surface area (TPSA) is 66.9 Å². The van der Waals surface area contributed by atoms with Gasteiger partial charge in [0, 0.05) is 33.2 Å². The zero-order valence-electron chi connectivity index (χ0n) is 23.5. The van der Waals surface area contributed by atoms with Crippen molar-refractivity contribution in [1.29, 1.82) is 5.41 Å². The van der Waals surface area contributed by atoms with Gasteiger partial charge in [-0.2, -0.15) is 0 Å². The number of hydrogen-bond donors (Lipinski definition) is 2. The summed E-state index contributed by atoms with van der Waals surface area (Å²) in [6, 6.07) is 43.6. The average molecular weight is 584 g/mol. The lowest BCUT2D eigenvalue weighted by Crippen LogP contribution is -2.16. The predicted molar refractivity (Wildman–Crippen MR) is 185 cm³/mol. The Bertz CT molecular complexity index is 2310. The Morgan fingerprint density at radius 1 is 0.614 bits per heavy atom. The Balaban J connectivity index is 1.25. The molecule has 2 aromatic heterocycles. The predicted octanol–water partition coefficient (Wildman–Crippen LogP) is 9.26. The quantitative estimate of drug-likeness (QED) is 0.203. The number of aromatic nitrogens is 3. The van der Waals surface area contributed by atoms with Gasteiger partial charge in [-0.05, 0) is 66.4 Å². The van der Waals surface area contributed by atoms with Crippen LogP contribution in [0.15, 0.2) is 138 Å². The smallest absolute Gasteiger partial charge is 0.160 e. The van der Waals surface area contributed by atoms with Crippen LogP contribution in [-0.2, 0) is 0 Å². The van der Waals surface area contributed by atoms with Gasteiger partial charge in [-0.3, -0.25) is 5.41 Å². The third-order valence-electron chi connectivity index (χ3n) is 8.13. The maximum Gasteiger partial charge on any atom is 0.160 e. The molecule has 5 nitrogen and oxygen atoms in total. The van der Waals surface area contributed by atoms with Crippen LogP contribution in [0.3, 0.4) is 0 Å². The van der Waals surface area contributed by atoms with Gasteiger partial charge in [-0.1, -0.05) is 97.1 Å². The highest BCUT2D eigenvalue weighted by molar-refractivity contribution is 7.79. The first-order valence-corrected chi connectivity index (χ1v) is 14.8. The SMILES string of the molecule is N=C1C(=NS)C=Cc2c1c1ccccc1n2-c1cccc(-c2cccc(-c3nc(-c4ccccc4)c4ccccc4n3)c2)c1. The van der Waals surface area contributed by atoms with Crippen LogP contribution >= 0.6 is 12.8 Å². The Kier molecular flexibility index (Phi) is 6.28. The summed E-state index contributed by atoms with van der Waals surface area (Å²) >= 11 is 4.10. The third-order valence-corrected chi connectivity index (χ3v) is 8.35. The molecule has 8 rings (SSSR count). The second kappa shape index (κ2) is 10.6. The molecular formula is C38H25N5S. The number of hydrogen-bond acceptors (Lipinski definition) is 5. The van der Waals surface area contributed by atoms with Crippen LogP contribution in [0.5, 0.6) is 0 Å². The zero-order valence-corrected chi connectivity index (χ0v) is 24.4. The highest BCUT2D eigenvalue weighted by atomic mass is 32.1. The molecule has 0 saturated heterocycles. The van der Waals surface area contributed by atoms with Crippen molar-refractivity contribution in [2.75, 3.05) is 0 Å². The van der Waals surface area contributed by atoms with Gasteiger partial charge in [0.05, 0.1) is 33.8 Å². The Hall–Kier alpha value is -5.59. The summed E-state index contributed by atoms with van der Waals surface area (Å²) in [6.07, 6.45) is 3.88.